The number of hydrogen-bond acceptors (Lipinski definition) is 7. The summed E-state index contributed by atoms with van der Waals surface area (Å²) in [4.78, 5) is 48.9. The number of nitrogens with one attached hydrogen (secondary N) is 2. The van der Waals surface area contributed by atoms with Gasteiger partial charge in [0.15, 0.2) is 6.61 Å². The lowest BCUT2D eigenvalue weighted by Crippen LogP contribution is -2.21. The monoisotopic (exact) mass is 418 g/mol. The van der Waals surface area contributed by atoms with Crippen LogP contribution in [-0.2, 0) is 14.3 Å². The molecule has 8 nitrogen and oxygen atoms in total. The van der Waals surface area contributed by atoms with Crippen molar-refractivity contribution in [1.82, 2.24) is 5.32 Å². The maximum absolute atomic E-state index is 12.3. The molecule has 0 atom stereocenters. The number of carbonyl (C=O) groups excluding carboxylic acids is 4. The molecule has 0 aliphatic rings. The number of thiophene rings is 1. The second kappa shape index (κ2) is 9.83. The van der Waals surface area contributed by atoms with Crippen molar-refractivity contribution in [2.45, 2.75) is 20.8 Å². The molecule has 0 spiro atoms. The van der Waals surface area contributed by atoms with Crippen LogP contribution in [0.25, 0.3) is 0 Å². The van der Waals surface area contributed by atoms with Crippen molar-refractivity contribution in [3.8, 4) is 0 Å². The Kier molecular flexibility index (Phi) is 7.49. The highest BCUT2D eigenvalue weighted by molar-refractivity contribution is 7.18. The normalized spacial score (nSPS) is 10.2. The van der Waals surface area contributed by atoms with Gasteiger partial charge in [-0.1, -0.05) is 17.7 Å². The van der Waals surface area contributed by atoms with Gasteiger partial charge in [-0.15, -0.1) is 11.3 Å². The number of esters is 2. The maximum atomic E-state index is 12.3. The number of rotatable bonds is 7. The first kappa shape index (κ1) is 22.1. The average Bonchev–Trinajstić information content (AvgIpc) is 3.01. The van der Waals surface area contributed by atoms with Crippen LogP contribution in [0.2, 0.25) is 0 Å². The molecule has 9 heteroatoms. The predicted octanol–water partition coefficient (Wildman–Crippen LogP) is 2.70. The molecule has 0 aliphatic carbocycles. The van der Waals surface area contributed by atoms with Gasteiger partial charge in [0.25, 0.3) is 11.8 Å². The second-order valence-electron chi connectivity index (χ2n) is 6.05. The fourth-order valence-electron chi connectivity index (χ4n) is 2.53. The van der Waals surface area contributed by atoms with E-state index in [9.17, 15) is 19.2 Å². The largest absolute Gasteiger partial charge is 0.462 e. The third-order valence-electron chi connectivity index (χ3n) is 3.90. The zero-order chi connectivity index (χ0) is 21.6. The molecule has 0 saturated carbocycles. The quantitative estimate of drug-likeness (QED) is 0.669. The minimum Gasteiger partial charge on any atom is -0.462 e. The molecule has 154 valence electrons. The van der Waals surface area contributed by atoms with Crippen LogP contribution in [0, 0.1) is 13.8 Å². The number of benzene rings is 1. The Bertz CT molecular complexity index is 950. The van der Waals surface area contributed by atoms with E-state index in [1.54, 1.807) is 32.0 Å². The molecular weight excluding hydrogens is 396 g/mol. The molecule has 2 rings (SSSR count). The van der Waals surface area contributed by atoms with E-state index in [0.717, 1.165) is 16.9 Å². The molecule has 1 heterocycles. The van der Waals surface area contributed by atoms with Crippen molar-refractivity contribution >= 4 is 40.1 Å². The number of amides is 2. The van der Waals surface area contributed by atoms with Crippen LogP contribution in [0.1, 0.15) is 48.4 Å². The van der Waals surface area contributed by atoms with E-state index in [1.165, 1.54) is 7.05 Å². The fraction of sp³-hybridized carbons (Fsp3) is 0.300. The Morgan fingerprint density at radius 2 is 1.79 bits per heavy atom. The average molecular weight is 418 g/mol. The van der Waals surface area contributed by atoms with Crippen molar-refractivity contribution in [3.63, 3.8) is 0 Å². The van der Waals surface area contributed by atoms with Crippen LogP contribution < -0.4 is 10.6 Å². The Labute approximate surface area is 172 Å². The van der Waals surface area contributed by atoms with Gasteiger partial charge in [-0.05, 0) is 38.5 Å². The van der Waals surface area contributed by atoms with Gasteiger partial charge >= 0.3 is 11.9 Å². The number of carbonyl (C=O) groups is 4. The molecule has 0 radical (unpaired) electrons. The van der Waals surface area contributed by atoms with Gasteiger partial charge in [-0.3, -0.25) is 9.59 Å². The van der Waals surface area contributed by atoms with Crippen LogP contribution in [0.4, 0.5) is 5.00 Å². The smallest absolute Gasteiger partial charge is 0.341 e. The van der Waals surface area contributed by atoms with E-state index < -0.39 is 24.5 Å². The topological polar surface area (TPSA) is 111 Å². The van der Waals surface area contributed by atoms with Crippen molar-refractivity contribution in [2.75, 3.05) is 25.6 Å². The van der Waals surface area contributed by atoms with Crippen molar-refractivity contribution < 1.29 is 28.7 Å². The fourth-order valence-corrected chi connectivity index (χ4v) is 3.69. The lowest BCUT2D eigenvalue weighted by atomic mass is 10.1. The lowest BCUT2D eigenvalue weighted by molar-refractivity contribution is -0.119. The third kappa shape index (κ3) is 5.41. The van der Waals surface area contributed by atoms with Gasteiger partial charge in [0, 0.05) is 7.05 Å². The van der Waals surface area contributed by atoms with Crippen LogP contribution >= 0.6 is 11.3 Å². The first-order valence-electron chi connectivity index (χ1n) is 8.84. The van der Waals surface area contributed by atoms with E-state index in [1.807, 2.05) is 13.0 Å². The van der Waals surface area contributed by atoms with E-state index >= 15 is 0 Å². The predicted molar refractivity (Wildman–Crippen MR) is 108 cm³/mol. The van der Waals surface area contributed by atoms with Gasteiger partial charge in [0.1, 0.15) is 5.00 Å². The molecule has 0 fully saturated rings. The summed E-state index contributed by atoms with van der Waals surface area (Å²) in [6.45, 7) is 4.69. The highest BCUT2D eigenvalue weighted by Crippen LogP contribution is 2.33. The standard InChI is InChI=1S/C20H22N2O6S/c1-5-27-20(26)15-12(3)16(17(24)21-4)29-18(15)22-14(23)10-28-19(25)13-8-6-7-11(2)9-13/h6-9H,5,10H2,1-4H3,(H,21,24)(H,22,23). The summed E-state index contributed by atoms with van der Waals surface area (Å²) in [6.07, 6.45) is 0. The first-order valence-corrected chi connectivity index (χ1v) is 9.66. The van der Waals surface area contributed by atoms with Crippen LogP contribution in [0.3, 0.4) is 0 Å². The van der Waals surface area contributed by atoms with Crippen LogP contribution in [0.5, 0.6) is 0 Å². The number of ether oxygens (including phenoxy) is 2. The zero-order valence-corrected chi connectivity index (χ0v) is 17.4. The highest BCUT2D eigenvalue weighted by Gasteiger charge is 2.26. The van der Waals surface area contributed by atoms with Crippen molar-refractivity contribution in [2.24, 2.45) is 0 Å². The molecule has 2 aromatic rings. The van der Waals surface area contributed by atoms with Gasteiger partial charge in [-0.2, -0.15) is 0 Å². The minimum atomic E-state index is -0.650. The van der Waals surface area contributed by atoms with E-state index in [-0.39, 0.29) is 28.0 Å². The third-order valence-corrected chi connectivity index (χ3v) is 5.11. The summed E-state index contributed by atoms with van der Waals surface area (Å²) in [5.41, 5.74) is 1.73. The molecule has 2 N–H and O–H groups in total. The van der Waals surface area contributed by atoms with E-state index in [4.69, 9.17) is 9.47 Å². The van der Waals surface area contributed by atoms with E-state index in [0.29, 0.717) is 11.1 Å². The molecule has 0 unspecified atom stereocenters. The summed E-state index contributed by atoms with van der Waals surface area (Å²) in [6, 6.07) is 6.79. The van der Waals surface area contributed by atoms with Crippen LogP contribution in [0.15, 0.2) is 24.3 Å². The van der Waals surface area contributed by atoms with Gasteiger partial charge in [0.05, 0.1) is 22.6 Å². The van der Waals surface area contributed by atoms with Crippen LogP contribution in [-0.4, -0.2) is 44.0 Å². The Morgan fingerprint density at radius 3 is 2.41 bits per heavy atom. The zero-order valence-electron chi connectivity index (χ0n) is 16.6. The molecule has 1 aromatic heterocycles. The van der Waals surface area contributed by atoms with Gasteiger partial charge < -0.3 is 20.1 Å². The Balaban J connectivity index is 2.15. The molecular formula is C20H22N2O6S. The van der Waals surface area contributed by atoms with Crippen molar-refractivity contribution in [3.05, 3.63) is 51.4 Å². The molecule has 0 saturated heterocycles. The summed E-state index contributed by atoms with van der Waals surface area (Å²) in [7, 11) is 1.47. The molecule has 0 aliphatic heterocycles. The minimum absolute atomic E-state index is 0.105. The Hall–Kier alpha value is -3.20. The number of aryl methyl sites for hydroxylation is 1. The van der Waals surface area contributed by atoms with Gasteiger partial charge in [-0.25, -0.2) is 9.59 Å². The molecule has 2 amide bonds. The van der Waals surface area contributed by atoms with Gasteiger partial charge in [0.2, 0.25) is 0 Å². The summed E-state index contributed by atoms with van der Waals surface area (Å²) < 4.78 is 10.1. The Morgan fingerprint density at radius 1 is 1.07 bits per heavy atom. The second-order valence-corrected chi connectivity index (χ2v) is 7.07. The SMILES string of the molecule is CCOC(=O)c1c(NC(=O)COC(=O)c2cccc(C)c2)sc(C(=O)NC)c1C. The molecule has 0 bridgehead atoms. The molecule has 29 heavy (non-hydrogen) atoms. The number of anilines is 1. The highest BCUT2D eigenvalue weighted by atomic mass is 32.1. The van der Waals surface area contributed by atoms with E-state index in [2.05, 4.69) is 10.6 Å². The maximum Gasteiger partial charge on any atom is 0.341 e. The summed E-state index contributed by atoms with van der Waals surface area (Å²) in [5.74, 6) is -2.31. The summed E-state index contributed by atoms with van der Waals surface area (Å²) in [5, 5.41) is 5.18. The lowest BCUT2D eigenvalue weighted by Gasteiger charge is -2.08. The van der Waals surface area contributed by atoms with Crippen molar-refractivity contribution in [1.29, 1.82) is 0 Å². The first-order chi connectivity index (χ1) is 13.8. The summed E-state index contributed by atoms with van der Waals surface area (Å²) >= 11 is 0.949. The number of hydrogen-bond donors (Lipinski definition) is 2. The molecule has 1 aromatic carbocycles.